The van der Waals surface area contributed by atoms with Gasteiger partial charge in [-0.05, 0) is 50.4 Å². The van der Waals surface area contributed by atoms with Gasteiger partial charge in [-0.1, -0.05) is 26.7 Å². The first kappa shape index (κ1) is 15.3. The largest absolute Gasteiger partial charge is 0.339 e. The number of piperidine rings is 1. The molecule has 3 heteroatoms. The summed E-state index contributed by atoms with van der Waals surface area (Å²) in [4.78, 5) is 15.1. The lowest BCUT2D eigenvalue weighted by Crippen LogP contribution is -2.44. The first-order valence-electron chi connectivity index (χ1n) is 9.17. The second-order valence-corrected chi connectivity index (χ2v) is 8.06. The Bertz CT molecular complexity index is 350. The molecule has 1 aliphatic carbocycles. The van der Waals surface area contributed by atoms with Crippen molar-refractivity contribution in [1.29, 1.82) is 0 Å². The van der Waals surface area contributed by atoms with E-state index in [0.29, 0.717) is 35.9 Å². The van der Waals surface area contributed by atoms with Crippen LogP contribution < -0.4 is 5.32 Å². The number of nitrogens with zero attached hydrogens (tertiary/aromatic N) is 1. The number of hydrogen-bond acceptors (Lipinski definition) is 2. The van der Waals surface area contributed by atoms with Gasteiger partial charge >= 0.3 is 0 Å². The molecule has 3 nitrogen and oxygen atoms in total. The van der Waals surface area contributed by atoms with E-state index in [2.05, 4.69) is 24.1 Å². The highest BCUT2D eigenvalue weighted by Crippen LogP contribution is 2.34. The fourth-order valence-corrected chi connectivity index (χ4v) is 4.77. The third-order valence-electron chi connectivity index (χ3n) is 5.68. The van der Waals surface area contributed by atoms with Crippen LogP contribution in [0.5, 0.6) is 0 Å². The van der Waals surface area contributed by atoms with E-state index in [1.807, 2.05) is 0 Å². The van der Waals surface area contributed by atoms with Crippen LogP contribution in [0.2, 0.25) is 0 Å². The molecular weight excluding hydrogens is 260 g/mol. The van der Waals surface area contributed by atoms with E-state index in [1.165, 1.54) is 51.4 Å². The summed E-state index contributed by atoms with van der Waals surface area (Å²) in [6.45, 7) is 5.43. The van der Waals surface area contributed by atoms with Gasteiger partial charge in [0.15, 0.2) is 0 Å². The molecule has 0 aromatic carbocycles. The molecule has 1 amide bonds. The van der Waals surface area contributed by atoms with Crippen molar-refractivity contribution in [2.24, 2.45) is 11.8 Å². The predicted molar refractivity (Wildman–Crippen MR) is 86.1 cm³/mol. The monoisotopic (exact) mass is 292 g/mol. The zero-order valence-electron chi connectivity index (χ0n) is 13.8. The Morgan fingerprint density at radius 3 is 2.29 bits per heavy atom. The van der Waals surface area contributed by atoms with Crippen LogP contribution in [0, 0.1) is 11.8 Å². The molecule has 2 heterocycles. The summed E-state index contributed by atoms with van der Waals surface area (Å²) in [5, 5.41) is 3.69. The first-order chi connectivity index (χ1) is 10.1. The summed E-state index contributed by atoms with van der Waals surface area (Å²) >= 11 is 0. The van der Waals surface area contributed by atoms with Gasteiger partial charge in [-0.3, -0.25) is 4.79 Å². The van der Waals surface area contributed by atoms with Gasteiger partial charge in [-0.2, -0.15) is 0 Å². The van der Waals surface area contributed by atoms with Crippen molar-refractivity contribution in [3.63, 3.8) is 0 Å². The lowest BCUT2D eigenvalue weighted by Gasteiger charge is -2.34. The second kappa shape index (κ2) is 6.68. The Balaban J connectivity index is 1.58. The van der Waals surface area contributed by atoms with Gasteiger partial charge in [0.1, 0.15) is 0 Å². The minimum atomic E-state index is 0.446. The van der Waals surface area contributed by atoms with Gasteiger partial charge < -0.3 is 10.2 Å². The van der Waals surface area contributed by atoms with Gasteiger partial charge in [-0.15, -0.1) is 0 Å². The first-order valence-corrected chi connectivity index (χ1v) is 9.17. The van der Waals surface area contributed by atoms with Crippen LogP contribution in [-0.2, 0) is 4.79 Å². The maximum atomic E-state index is 12.9. The fraction of sp³-hybridized carbons (Fsp3) is 0.944. The van der Waals surface area contributed by atoms with Gasteiger partial charge in [0.2, 0.25) is 5.91 Å². The van der Waals surface area contributed by atoms with E-state index in [9.17, 15) is 4.79 Å². The molecule has 2 atom stereocenters. The quantitative estimate of drug-likeness (QED) is 0.843. The minimum Gasteiger partial charge on any atom is -0.339 e. The van der Waals surface area contributed by atoms with E-state index >= 15 is 0 Å². The number of amides is 1. The Morgan fingerprint density at radius 2 is 1.71 bits per heavy atom. The second-order valence-electron chi connectivity index (χ2n) is 8.06. The molecule has 1 saturated carbocycles. The molecule has 3 rings (SSSR count). The number of nitrogens with one attached hydrogen (secondary N) is 1. The van der Waals surface area contributed by atoms with E-state index in [-0.39, 0.29) is 0 Å². The van der Waals surface area contributed by atoms with Crippen LogP contribution in [0.3, 0.4) is 0 Å². The Kier molecular flexibility index (Phi) is 4.88. The lowest BCUT2D eigenvalue weighted by molar-refractivity contribution is -0.135. The molecule has 1 N–H and O–H groups in total. The van der Waals surface area contributed by atoms with Crippen LogP contribution in [0.25, 0.3) is 0 Å². The normalized spacial score (nSPS) is 32.8. The number of carbonyl (C=O) groups excluding carboxylic acids is 1. The molecule has 2 saturated heterocycles. The zero-order chi connectivity index (χ0) is 14.8. The maximum Gasteiger partial charge on any atom is 0.223 e. The molecule has 3 fully saturated rings. The van der Waals surface area contributed by atoms with Crippen molar-refractivity contribution in [2.75, 3.05) is 6.54 Å². The average Bonchev–Trinajstić information content (AvgIpc) is 3.06. The van der Waals surface area contributed by atoms with Crippen molar-refractivity contribution >= 4 is 5.91 Å². The number of hydrogen-bond donors (Lipinski definition) is 1. The van der Waals surface area contributed by atoms with Gasteiger partial charge in [0, 0.05) is 31.1 Å². The summed E-state index contributed by atoms with van der Waals surface area (Å²) in [6.07, 6.45) is 11.0. The highest BCUT2D eigenvalue weighted by Gasteiger charge is 2.36. The summed E-state index contributed by atoms with van der Waals surface area (Å²) in [7, 11) is 0. The molecule has 120 valence electrons. The van der Waals surface area contributed by atoms with Crippen molar-refractivity contribution < 1.29 is 4.79 Å². The Labute approximate surface area is 129 Å². The van der Waals surface area contributed by atoms with Gasteiger partial charge in [-0.25, -0.2) is 0 Å². The number of carbonyl (C=O) groups is 1. The van der Waals surface area contributed by atoms with Crippen LogP contribution in [0.1, 0.15) is 71.6 Å². The summed E-state index contributed by atoms with van der Waals surface area (Å²) in [5.74, 6) is 1.66. The van der Waals surface area contributed by atoms with Crippen molar-refractivity contribution in [3.05, 3.63) is 0 Å². The summed E-state index contributed by atoms with van der Waals surface area (Å²) < 4.78 is 0. The van der Waals surface area contributed by atoms with E-state index < -0.39 is 0 Å². The average molecular weight is 292 g/mol. The molecule has 2 aliphatic heterocycles. The number of fused-ring (bicyclic) bond motifs is 2. The third-order valence-corrected chi connectivity index (χ3v) is 5.68. The van der Waals surface area contributed by atoms with E-state index in [0.717, 1.165) is 13.0 Å². The highest BCUT2D eigenvalue weighted by atomic mass is 16.2. The van der Waals surface area contributed by atoms with Crippen LogP contribution in [0.15, 0.2) is 0 Å². The van der Waals surface area contributed by atoms with Gasteiger partial charge in [0.05, 0.1) is 0 Å². The van der Waals surface area contributed by atoms with Crippen LogP contribution in [-0.4, -0.2) is 35.5 Å². The number of rotatable bonds is 5. The molecule has 21 heavy (non-hydrogen) atoms. The topological polar surface area (TPSA) is 32.3 Å². The zero-order valence-corrected chi connectivity index (χ0v) is 13.8. The van der Waals surface area contributed by atoms with E-state index in [4.69, 9.17) is 0 Å². The lowest BCUT2D eigenvalue weighted by atomic mass is 9.89. The van der Waals surface area contributed by atoms with Crippen molar-refractivity contribution in [2.45, 2.75) is 89.8 Å². The highest BCUT2D eigenvalue weighted by molar-refractivity contribution is 5.77. The van der Waals surface area contributed by atoms with Crippen molar-refractivity contribution in [3.8, 4) is 0 Å². The minimum absolute atomic E-state index is 0.446. The Hall–Kier alpha value is -0.570. The van der Waals surface area contributed by atoms with Crippen molar-refractivity contribution in [1.82, 2.24) is 10.2 Å². The molecule has 2 bridgehead atoms. The molecule has 0 aromatic heterocycles. The van der Waals surface area contributed by atoms with Crippen LogP contribution in [0.4, 0.5) is 0 Å². The van der Waals surface area contributed by atoms with Gasteiger partial charge in [0.25, 0.3) is 0 Å². The summed E-state index contributed by atoms with van der Waals surface area (Å²) in [5.41, 5.74) is 0. The molecule has 0 radical (unpaired) electrons. The molecular formula is C18H32N2O. The third kappa shape index (κ3) is 3.80. The van der Waals surface area contributed by atoms with Crippen LogP contribution >= 0.6 is 0 Å². The Morgan fingerprint density at radius 1 is 1.10 bits per heavy atom. The fourth-order valence-electron chi connectivity index (χ4n) is 4.77. The maximum absolute atomic E-state index is 12.9. The standard InChI is InChI=1S/C18H32N2O/c1-13(2)12-20(17-5-3-4-6-17)18(21)11-14-9-15-7-8-16(10-14)19-15/h13-17,19H,3-12H2,1-2H3. The molecule has 2 unspecified atom stereocenters. The molecule has 0 spiro atoms. The molecule has 3 aliphatic rings. The predicted octanol–water partition coefficient (Wildman–Crippen LogP) is 3.33. The smallest absolute Gasteiger partial charge is 0.223 e. The molecule has 0 aromatic rings. The summed E-state index contributed by atoms with van der Waals surface area (Å²) in [6, 6.07) is 1.94. The SMILES string of the molecule is CC(C)CN(C(=O)CC1CC2CCC(C1)N2)C1CCCC1. The van der Waals surface area contributed by atoms with E-state index in [1.54, 1.807) is 0 Å².